The van der Waals surface area contributed by atoms with Gasteiger partial charge in [0, 0.05) is 42.8 Å². The number of hydrogen-bond donors (Lipinski definition) is 1. The average molecular weight is 533 g/mol. The number of aliphatic hydroxyl groups is 1. The van der Waals surface area contributed by atoms with E-state index in [9.17, 15) is 31.1 Å². The first-order chi connectivity index (χ1) is 16.6. The van der Waals surface area contributed by atoms with Gasteiger partial charge in [-0.25, -0.2) is 17.2 Å². The lowest BCUT2D eigenvalue weighted by Crippen LogP contribution is -2.54. The molecule has 2 aliphatic rings. The van der Waals surface area contributed by atoms with Gasteiger partial charge in [-0.15, -0.1) is 0 Å². The summed E-state index contributed by atoms with van der Waals surface area (Å²) >= 11 is 0. The minimum Gasteiger partial charge on any atom is -0.376 e. The number of likely N-dealkylation sites (tertiary alicyclic amines) is 1. The summed E-state index contributed by atoms with van der Waals surface area (Å²) in [6.45, 7) is 3.77. The van der Waals surface area contributed by atoms with Crippen LogP contribution in [0.25, 0.3) is 11.1 Å². The highest BCUT2D eigenvalue weighted by molar-refractivity contribution is 7.88. The molecule has 0 radical (unpaired) electrons. The van der Waals surface area contributed by atoms with E-state index in [0.29, 0.717) is 50.2 Å². The molecule has 0 aromatic heterocycles. The predicted octanol–water partition coefficient (Wildman–Crippen LogP) is 4.57. The van der Waals surface area contributed by atoms with Gasteiger partial charge in [-0.05, 0) is 55.0 Å². The number of hydrogen-bond acceptors (Lipinski definition) is 4. The van der Waals surface area contributed by atoms with E-state index >= 15 is 4.39 Å². The number of aryl methyl sites for hydroxylation is 1. The average Bonchev–Trinajstić information content (AvgIpc) is 3.05. The van der Waals surface area contributed by atoms with E-state index in [1.165, 1.54) is 12.3 Å². The van der Waals surface area contributed by atoms with Crippen LogP contribution in [0.1, 0.15) is 43.4 Å². The lowest BCUT2D eigenvalue weighted by atomic mass is 9.90. The van der Waals surface area contributed by atoms with Crippen LogP contribution in [-0.2, 0) is 28.6 Å². The van der Waals surface area contributed by atoms with Crippen LogP contribution in [0.2, 0.25) is 0 Å². The van der Waals surface area contributed by atoms with Crippen molar-refractivity contribution in [3.8, 4) is 11.1 Å². The van der Waals surface area contributed by atoms with Gasteiger partial charge in [-0.2, -0.15) is 17.5 Å². The molecule has 2 fully saturated rings. The lowest BCUT2D eigenvalue weighted by molar-refractivity contribution is -0.258. The smallest absolute Gasteiger partial charge is 0.376 e. The van der Waals surface area contributed by atoms with Crippen LogP contribution >= 0.6 is 0 Å². The van der Waals surface area contributed by atoms with Crippen LogP contribution in [0.3, 0.4) is 0 Å². The van der Waals surface area contributed by atoms with Gasteiger partial charge in [0.25, 0.3) is 0 Å². The Kier molecular flexibility index (Phi) is 7.00. The van der Waals surface area contributed by atoms with Crippen LogP contribution in [-0.4, -0.2) is 60.3 Å². The Morgan fingerprint density at radius 1 is 1.03 bits per heavy atom. The monoisotopic (exact) mass is 532 g/mol. The van der Waals surface area contributed by atoms with Gasteiger partial charge in [-0.3, -0.25) is 4.90 Å². The van der Waals surface area contributed by atoms with Gasteiger partial charge in [0.15, 0.2) is 5.60 Å². The number of halogens is 5. The summed E-state index contributed by atoms with van der Waals surface area (Å²) in [5.41, 5.74) is -2.98. The fourth-order valence-corrected chi connectivity index (χ4v) is 6.89. The molecule has 0 spiro atoms. The maximum Gasteiger partial charge on any atom is 0.421 e. The van der Waals surface area contributed by atoms with Crippen LogP contribution in [0.15, 0.2) is 30.3 Å². The van der Waals surface area contributed by atoms with E-state index in [2.05, 4.69) is 4.90 Å². The molecule has 2 bridgehead atoms. The Hall–Kier alpha value is -2.08. The number of piperazine rings is 1. The van der Waals surface area contributed by atoms with Crippen molar-refractivity contribution in [3.63, 3.8) is 0 Å². The van der Waals surface area contributed by atoms with Crippen molar-refractivity contribution in [2.45, 2.75) is 63.5 Å². The molecule has 5 nitrogen and oxygen atoms in total. The number of fused-ring (bicyclic) bond motifs is 2. The summed E-state index contributed by atoms with van der Waals surface area (Å²) in [4.78, 5) is 2.09. The molecule has 11 heteroatoms. The van der Waals surface area contributed by atoms with Gasteiger partial charge >= 0.3 is 6.18 Å². The standard InChI is InChI=1S/C25H29F5N2O3S/c1-4-16-9-15(12-31-13-18-6-7-19(14-31)32(18)36(3,34)35)10-22(27)23(16)20-8-5-17(11-21(20)26)24(2,33)25(28,29)30/h5,8-11,18-19,33H,4,6-7,12-14H2,1-3H3. The van der Waals surface area contributed by atoms with E-state index < -0.39 is 39.0 Å². The second-order valence-electron chi connectivity index (χ2n) is 9.90. The summed E-state index contributed by atoms with van der Waals surface area (Å²) < 4.78 is 95.6. The van der Waals surface area contributed by atoms with Crippen LogP contribution in [0, 0.1) is 11.6 Å². The van der Waals surface area contributed by atoms with Gasteiger partial charge in [-0.1, -0.05) is 25.1 Å². The number of nitrogens with zero attached hydrogens (tertiary/aromatic N) is 2. The van der Waals surface area contributed by atoms with Crippen molar-refractivity contribution >= 4 is 10.0 Å². The molecule has 0 aliphatic carbocycles. The summed E-state index contributed by atoms with van der Waals surface area (Å²) in [7, 11) is -3.30. The summed E-state index contributed by atoms with van der Waals surface area (Å²) in [6, 6.07) is 5.42. The quantitative estimate of drug-likeness (QED) is 0.554. The number of benzene rings is 2. The fourth-order valence-electron chi connectivity index (χ4n) is 5.46. The van der Waals surface area contributed by atoms with Crippen molar-refractivity contribution in [1.82, 2.24) is 9.21 Å². The zero-order valence-electron chi connectivity index (χ0n) is 20.2. The van der Waals surface area contributed by atoms with Crippen molar-refractivity contribution < 1.29 is 35.5 Å². The third-order valence-corrected chi connectivity index (χ3v) is 8.61. The zero-order valence-corrected chi connectivity index (χ0v) is 21.1. The number of rotatable bonds is 6. The Bertz CT molecular complexity index is 1250. The predicted molar refractivity (Wildman–Crippen MR) is 126 cm³/mol. The van der Waals surface area contributed by atoms with Crippen LogP contribution < -0.4 is 0 Å². The molecular weight excluding hydrogens is 503 g/mol. The van der Waals surface area contributed by atoms with Gasteiger partial charge in [0.05, 0.1) is 6.26 Å². The summed E-state index contributed by atoms with van der Waals surface area (Å²) in [5.74, 6) is -1.76. The molecule has 4 rings (SSSR count). The van der Waals surface area contributed by atoms with Gasteiger partial charge < -0.3 is 5.11 Å². The third kappa shape index (κ3) is 4.90. The first kappa shape index (κ1) is 27.0. The largest absolute Gasteiger partial charge is 0.421 e. The highest BCUT2D eigenvalue weighted by Crippen LogP contribution is 2.40. The van der Waals surface area contributed by atoms with Crippen LogP contribution in [0.5, 0.6) is 0 Å². The van der Waals surface area contributed by atoms with Gasteiger partial charge in [0.1, 0.15) is 11.6 Å². The van der Waals surface area contributed by atoms with Crippen molar-refractivity contribution in [2.24, 2.45) is 0 Å². The Morgan fingerprint density at radius 3 is 2.14 bits per heavy atom. The van der Waals surface area contributed by atoms with E-state index in [0.717, 1.165) is 25.0 Å². The lowest BCUT2D eigenvalue weighted by Gasteiger charge is -2.39. The first-order valence-corrected chi connectivity index (χ1v) is 13.6. The molecule has 2 aromatic carbocycles. The molecule has 198 valence electrons. The highest BCUT2D eigenvalue weighted by atomic mass is 32.2. The normalized spacial score (nSPS) is 23.1. The number of sulfonamides is 1. The zero-order chi connectivity index (χ0) is 26.6. The summed E-state index contributed by atoms with van der Waals surface area (Å²) in [5, 5.41) is 9.85. The molecule has 3 unspecified atom stereocenters. The number of alkyl halides is 3. The van der Waals surface area contributed by atoms with Gasteiger partial charge in [0.2, 0.25) is 10.0 Å². The molecule has 2 aromatic rings. The molecule has 2 saturated heterocycles. The third-order valence-electron chi connectivity index (χ3n) is 7.25. The molecular formula is C25H29F5N2O3S. The molecule has 3 atom stereocenters. The van der Waals surface area contributed by atoms with Crippen molar-refractivity contribution in [3.05, 3.63) is 58.7 Å². The molecule has 0 saturated carbocycles. The van der Waals surface area contributed by atoms with E-state index in [1.807, 2.05) is 0 Å². The maximum atomic E-state index is 15.3. The van der Waals surface area contributed by atoms with E-state index in [4.69, 9.17) is 0 Å². The highest BCUT2D eigenvalue weighted by Gasteiger charge is 2.51. The van der Waals surface area contributed by atoms with E-state index in [-0.39, 0.29) is 23.2 Å². The molecule has 2 aliphatic heterocycles. The Labute approximate surface area is 207 Å². The SMILES string of the molecule is CCc1cc(CN2CC3CCC(C2)N3S(C)(=O)=O)cc(F)c1-c1ccc(C(C)(O)C(F)(F)F)cc1F. The first-order valence-electron chi connectivity index (χ1n) is 11.7. The summed E-state index contributed by atoms with van der Waals surface area (Å²) in [6.07, 6.45) is -1.88. The fraction of sp³-hybridized carbons (Fsp3) is 0.520. The minimum absolute atomic E-state index is 0.0288. The maximum absolute atomic E-state index is 15.3. The second kappa shape index (κ2) is 9.34. The molecule has 36 heavy (non-hydrogen) atoms. The molecule has 0 amide bonds. The topological polar surface area (TPSA) is 60.9 Å². The molecule has 1 N–H and O–H groups in total. The molecule has 2 heterocycles. The Balaban J connectivity index is 1.60. The minimum atomic E-state index is -5.01. The van der Waals surface area contributed by atoms with E-state index in [1.54, 1.807) is 17.3 Å². The van der Waals surface area contributed by atoms with Crippen molar-refractivity contribution in [2.75, 3.05) is 19.3 Å². The second-order valence-corrected chi connectivity index (χ2v) is 11.8. The Morgan fingerprint density at radius 2 is 1.64 bits per heavy atom. The van der Waals surface area contributed by atoms with Crippen LogP contribution in [0.4, 0.5) is 22.0 Å². The van der Waals surface area contributed by atoms with Crippen molar-refractivity contribution in [1.29, 1.82) is 0 Å².